The van der Waals surface area contributed by atoms with Crippen molar-refractivity contribution in [2.24, 2.45) is 0 Å². The standard InChI is InChI=1S/C25H26ClFN4O5/c26-18-3-1-17(20(27)14-18)15-35-25(34)31-11-9-29(10-12-31)19-5-7-30(8-6-19)23(32)16-2-4-21-22(13-16)36-24(33)28-21/h1-4,13-14,19H,5-12,15H2,(H,28,33). The number of piperidine rings is 1. The lowest BCUT2D eigenvalue weighted by Crippen LogP contribution is -2.54. The molecule has 1 aromatic heterocycles. The van der Waals surface area contributed by atoms with Gasteiger partial charge < -0.3 is 19.0 Å². The third-order valence-electron chi connectivity index (χ3n) is 6.87. The molecule has 0 saturated carbocycles. The van der Waals surface area contributed by atoms with Crippen LogP contribution < -0.4 is 5.76 Å². The number of carbonyl (C=O) groups is 2. The Bertz CT molecular complexity index is 1330. The summed E-state index contributed by atoms with van der Waals surface area (Å²) >= 11 is 5.76. The predicted octanol–water partition coefficient (Wildman–Crippen LogP) is 3.47. The summed E-state index contributed by atoms with van der Waals surface area (Å²) in [6.45, 7) is 3.61. The average molecular weight is 517 g/mol. The fraction of sp³-hybridized carbons (Fsp3) is 0.400. The highest BCUT2D eigenvalue weighted by atomic mass is 35.5. The molecule has 0 atom stereocenters. The van der Waals surface area contributed by atoms with E-state index < -0.39 is 17.7 Å². The topological polar surface area (TPSA) is 99.1 Å². The number of carbonyl (C=O) groups excluding carboxylic acids is 2. The highest BCUT2D eigenvalue weighted by Crippen LogP contribution is 2.22. The maximum atomic E-state index is 13.9. The molecule has 0 bridgehead atoms. The second-order valence-corrected chi connectivity index (χ2v) is 9.50. The van der Waals surface area contributed by atoms with Gasteiger partial charge >= 0.3 is 11.8 Å². The van der Waals surface area contributed by atoms with Gasteiger partial charge in [-0.2, -0.15) is 0 Å². The third-order valence-corrected chi connectivity index (χ3v) is 7.11. The van der Waals surface area contributed by atoms with Gasteiger partial charge in [-0.05, 0) is 43.2 Å². The maximum Gasteiger partial charge on any atom is 0.417 e. The molecule has 5 rings (SSSR count). The van der Waals surface area contributed by atoms with Crippen LogP contribution in [0.5, 0.6) is 0 Å². The van der Waals surface area contributed by atoms with Crippen molar-refractivity contribution < 1.29 is 23.1 Å². The minimum atomic E-state index is -0.542. The Morgan fingerprint density at radius 2 is 1.78 bits per heavy atom. The van der Waals surface area contributed by atoms with Crippen LogP contribution in [0.3, 0.4) is 0 Å². The summed E-state index contributed by atoms with van der Waals surface area (Å²) in [6.07, 6.45) is 1.22. The summed E-state index contributed by atoms with van der Waals surface area (Å²) in [5.74, 6) is -1.12. The molecule has 2 saturated heterocycles. The number of likely N-dealkylation sites (tertiary alicyclic amines) is 1. The first kappa shape index (κ1) is 24.3. The summed E-state index contributed by atoms with van der Waals surface area (Å²) in [6, 6.07) is 9.57. The van der Waals surface area contributed by atoms with Crippen molar-refractivity contribution in [1.29, 1.82) is 0 Å². The van der Waals surface area contributed by atoms with Gasteiger partial charge in [0.25, 0.3) is 5.91 Å². The van der Waals surface area contributed by atoms with Crippen molar-refractivity contribution in [3.8, 4) is 0 Å². The third kappa shape index (κ3) is 5.24. The first-order valence-electron chi connectivity index (χ1n) is 11.9. The van der Waals surface area contributed by atoms with E-state index in [-0.39, 0.29) is 18.1 Å². The van der Waals surface area contributed by atoms with E-state index in [2.05, 4.69) is 9.88 Å². The van der Waals surface area contributed by atoms with Gasteiger partial charge in [0.1, 0.15) is 12.4 Å². The number of benzene rings is 2. The first-order chi connectivity index (χ1) is 17.4. The molecule has 2 aliphatic heterocycles. The van der Waals surface area contributed by atoms with Crippen LogP contribution in [0.15, 0.2) is 45.6 Å². The molecule has 190 valence electrons. The van der Waals surface area contributed by atoms with Crippen LogP contribution >= 0.6 is 11.6 Å². The molecule has 2 aromatic carbocycles. The maximum absolute atomic E-state index is 13.9. The van der Waals surface area contributed by atoms with Gasteiger partial charge in [-0.3, -0.25) is 14.7 Å². The van der Waals surface area contributed by atoms with Crippen molar-refractivity contribution >= 4 is 34.7 Å². The van der Waals surface area contributed by atoms with E-state index in [0.717, 1.165) is 12.8 Å². The van der Waals surface area contributed by atoms with Crippen molar-refractivity contribution in [3.05, 3.63) is 68.9 Å². The highest BCUT2D eigenvalue weighted by Gasteiger charge is 2.31. The molecule has 0 aliphatic carbocycles. The summed E-state index contributed by atoms with van der Waals surface area (Å²) in [4.78, 5) is 45.1. The van der Waals surface area contributed by atoms with Gasteiger partial charge in [0.2, 0.25) is 0 Å². The molecule has 11 heteroatoms. The molecular weight excluding hydrogens is 491 g/mol. The molecule has 1 N–H and O–H groups in total. The molecule has 3 aromatic rings. The van der Waals surface area contributed by atoms with Crippen molar-refractivity contribution in [2.75, 3.05) is 39.3 Å². The second-order valence-electron chi connectivity index (χ2n) is 9.06. The lowest BCUT2D eigenvalue weighted by atomic mass is 10.0. The monoisotopic (exact) mass is 516 g/mol. The zero-order valence-corrected chi connectivity index (χ0v) is 20.3. The Labute approximate surface area is 211 Å². The number of aromatic nitrogens is 1. The highest BCUT2D eigenvalue weighted by molar-refractivity contribution is 6.30. The van der Waals surface area contributed by atoms with E-state index in [1.165, 1.54) is 12.1 Å². The largest absolute Gasteiger partial charge is 0.444 e. The summed E-state index contributed by atoms with van der Waals surface area (Å²) < 4.78 is 24.3. The number of fused-ring (bicyclic) bond motifs is 1. The van der Waals surface area contributed by atoms with E-state index in [9.17, 15) is 18.8 Å². The van der Waals surface area contributed by atoms with Crippen LogP contribution in [0, 0.1) is 5.82 Å². The molecular formula is C25H26ClFN4O5. The van der Waals surface area contributed by atoms with Crippen LogP contribution in [0.2, 0.25) is 5.02 Å². The molecule has 0 spiro atoms. The Kier molecular flexibility index (Phi) is 6.97. The lowest BCUT2D eigenvalue weighted by molar-refractivity contribution is 0.0392. The van der Waals surface area contributed by atoms with E-state index in [4.69, 9.17) is 20.8 Å². The number of rotatable bonds is 4. The van der Waals surface area contributed by atoms with E-state index in [1.54, 1.807) is 29.2 Å². The van der Waals surface area contributed by atoms with Gasteiger partial charge in [0.15, 0.2) is 5.58 Å². The van der Waals surface area contributed by atoms with Crippen LogP contribution in [0.25, 0.3) is 11.1 Å². The number of nitrogens with zero attached hydrogens (tertiary/aromatic N) is 3. The summed E-state index contributed by atoms with van der Waals surface area (Å²) in [5, 5.41) is 0.293. The minimum Gasteiger partial charge on any atom is -0.444 e. The summed E-state index contributed by atoms with van der Waals surface area (Å²) in [7, 11) is 0. The number of ether oxygens (including phenoxy) is 1. The van der Waals surface area contributed by atoms with Crippen molar-refractivity contribution in [1.82, 2.24) is 19.7 Å². The molecule has 0 radical (unpaired) electrons. The van der Waals surface area contributed by atoms with Crippen molar-refractivity contribution in [2.45, 2.75) is 25.5 Å². The number of oxazole rings is 1. The first-order valence-corrected chi connectivity index (χ1v) is 12.3. The number of amides is 2. The van der Waals surface area contributed by atoms with Gasteiger partial charge in [-0.15, -0.1) is 0 Å². The smallest absolute Gasteiger partial charge is 0.417 e. The number of hydrogen-bond acceptors (Lipinski definition) is 6. The Hall–Kier alpha value is -3.37. The molecule has 2 aliphatic rings. The molecule has 2 fully saturated rings. The number of halogens is 2. The summed E-state index contributed by atoms with van der Waals surface area (Å²) in [5.41, 5.74) is 1.71. The lowest BCUT2D eigenvalue weighted by Gasteiger charge is -2.42. The van der Waals surface area contributed by atoms with Crippen LogP contribution in [0.1, 0.15) is 28.8 Å². The fourth-order valence-electron chi connectivity index (χ4n) is 4.83. The Morgan fingerprint density at radius 3 is 2.50 bits per heavy atom. The Balaban J connectivity index is 1.08. The Morgan fingerprint density at radius 1 is 1.03 bits per heavy atom. The van der Waals surface area contributed by atoms with Crippen LogP contribution in [0.4, 0.5) is 9.18 Å². The van der Waals surface area contributed by atoms with E-state index in [1.807, 2.05) is 4.90 Å². The van der Waals surface area contributed by atoms with Crippen LogP contribution in [-0.4, -0.2) is 77.0 Å². The van der Waals surface area contributed by atoms with E-state index in [0.29, 0.717) is 67.0 Å². The SMILES string of the molecule is O=C(OCc1ccc(Cl)cc1F)N1CCN(C2CCN(C(=O)c3ccc4[nH]c(=O)oc4c3)CC2)CC1. The second kappa shape index (κ2) is 10.3. The van der Waals surface area contributed by atoms with Gasteiger partial charge in [-0.1, -0.05) is 17.7 Å². The quantitative estimate of drug-likeness (QED) is 0.570. The van der Waals surface area contributed by atoms with Gasteiger partial charge in [0, 0.05) is 61.5 Å². The molecule has 0 unspecified atom stereocenters. The predicted molar refractivity (Wildman–Crippen MR) is 131 cm³/mol. The number of H-pyrrole nitrogens is 1. The average Bonchev–Trinajstić information content (AvgIpc) is 3.27. The number of hydrogen-bond donors (Lipinski definition) is 1. The van der Waals surface area contributed by atoms with Crippen LogP contribution in [-0.2, 0) is 11.3 Å². The van der Waals surface area contributed by atoms with Crippen molar-refractivity contribution in [3.63, 3.8) is 0 Å². The minimum absolute atomic E-state index is 0.0797. The molecule has 36 heavy (non-hydrogen) atoms. The van der Waals surface area contributed by atoms with Gasteiger partial charge in [-0.25, -0.2) is 14.0 Å². The number of nitrogens with one attached hydrogen (secondary N) is 1. The van der Waals surface area contributed by atoms with E-state index >= 15 is 0 Å². The normalized spacial score (nSPS) is 17.5. The number of aromatic amines is 1. The zero-order valence-electron chi connectivity index (χ0n) is 19.5. The number of piperazine rings is 1. The molecule has 9 nitrogen and oxygen atoms in total. The molecule has 2 amide bonds. The van der Waals surface area contributed by atoms with Gasteiger partial charge in [0.05, 0.1) is 5.52 Å². The fourth-order valence-corrected chi connectivity index (χ4v) is 4.99. The molecule has 3 heterocycles. The zero-order chi connectivity index (χ0) is 25.2.